The van der Waals surface area contributed by atoms with Gasteiger partial charge in [0.15, 0.2) is 0 Å². The number of aromatic nitrogens is 4. The Morgan fingerprint density at radius 2 is 1.80 bits per heavy atom. The molecule has 5 heterocycles. The molecule has 0 aliphatic carbocycles. The molecule has 0 saturated carbocycles. The van der Waals surface area contributed by atoms with Crippen molar-refractivity contribution in [1.29, 1.82) is 0 Å². The molecule has 11 heteroatoms. The van der Waals surface area contributed by atoms with E-state index >= 15 is 0 Å². The molecule has 4 aromatic rings. The van der Waals surface area contributed by atoms with Crippen molar-refractivity contribution in [3.05, 3.63) is 89.9 Å². The number of fused-ring (bicyclic) bond motifs is 3. The van der Waals surface area contributed by atoms with E-state index in [1.165, 1.54) is 12.3 Å². The van der Waals surface area contributed by atoms with Crippen molar-refractivity contribution in [3.63, 3.8) is 0 Å². The molecule has 41 heavy (non-hydrogen) atoms. The third kappa shape index (κ3) is 5.81. The summed E-state index contributed by atoms with van der Waals surface area (Å²) >= 11 is 0. The topological polar surface area (TPSA) is 88.0 Å². The molecule has 2 atom stereocenters. The van der Waals surface area contributed by atoms with Gasteiger partial charge in [-0.2, -0.15) is 18.2 Å². The molecule has 1 amide bonds. The maximum atomic E-state index is 13.6. The quantitative estimate of drug-likeness (QED) is 0.317. The lowest BCUT2D eigenvalue weighted by atomic mass is 9.84. The van der Waals surface area contributed by atoms with Crippen molar-refractivity contribution in [1.82, 2.24) is 29.7 Å². The third-order valence-corrected chi connectivity index (χ3v) is 7.89. The minimum absolute atomic E-state index is 0.0153. The largest absolute Gasteiger partial charge is 0.416 e. The Hall–Kier alpha value is -4.25. The van der Waals surface area contributed by atoms with Crippen LogP contribution in [0.2, 0.25) is 0 Å². The van der Waals surface area contributed by atoms with E-state index in [0.717, 1.165) is 50.2 Å². The summed E-state index contributed by atoms with van der Waals surface area (Å²) in [4.78, 5) is 29.2. The van der Waals surface area contributed by atoms with Crippen LogP contribution in [-0.4, -0.2) is 56.0 Å². The Bertz CT molecular complexity index is 1530. The fraction of sp³-hybridized carbons (Fsp3) is 0.333. The van der Waals surface area contributed by atoms with E-state index < -0.39 is 11.7 Å². The van der Waals surface area contributed by atoms with E-state index in [1.54, 1.807) is 22.9 Å². The van der Waals surface area contributed by atoms with Crippen molar-refractivity contribution in [2.75, 3.05) is 25.0 Å². The summed E-state index contributed by atoms with van der Waals surface area (Å²) in [6.45, 7) is 4.85. The Labute approximate surface area is 235 Å². The molecule has 2 aromatic heterocycles. The fourth-order valence-corrected chi connectivity index (χ4v) is 5.65. The molecule has 3 aliphatic rings. The number of alkyl halides is 3. The zero-order valence-electron chi connectivity index (χ0n) is 22.5. The number of rotatable bonds is 7. The first kappa shape index (κ1) is 26.9. The number of hydrogen-bond acceptors (Lipinski definition) is 6. The average Bonchev–Trinajstić information content (AvgIpc) is 3.44. The number of anilines is 1. The van der Waals surface area contributed by atoms with E-state index in [9.17, 15) is 18.0 Å². The highest BCUT2D eigenvalue weighted by atomic mass is 19.4. The number of amides is 1. The second-order valence-electron chi connectivity index (χ2n) is 10.6. The molecule has 3 fully saturated rings. The Kier molecular flexibility index (Phi) is 7.21. The molecule has 2 unspecified atom stereocenters. The highest BCUT2D eigenvalue weighted by molar-refractivity contribution is 5.93. The van der Waals surface area contributed by atoms with Crippen LogP contribution in [0.5, 0.6) is 0 Å². The van der Waals surface area contributed by atoms with Crippen molar-refractivity contribution in [2.45, 2.75) is 38.0 Å². The summed E-state index contributed by atoms with van der Waals surface area (Å²) in [6, 6.07) is 16.3. The van der Waals surface area contributed by atoms with Gasteiger partial charge in [0.25, 0.3) is 5.91 Å². The average molecular weight is 562 g/mol. The summed E-state index contributed by atoms with van der Waals surface area (Å²) in [5.41, 5.74) is 0.567. The van der Waals surface area contributed by atoms with E-state index in [1.807, 2.05) is 37.3 Å². The van der Waals surface area contributed by atoms with Gasteiger partial charge in [-0.25, -0.2) is 9.97 Å². The molecule has 2 aromatic carbocycles. The molecular weight excluding hydrogens is 531 g/mol. The smallest absolute Gasteiger partial charge is 0.348 e. The van der Waals surface area contributed by atoms with E-state index in [0.29, 0.717) is 17.7 Å². The van der Waals surface area contributed by atoms with Gasteiger partial charge in [-0.3, -0.25) is 9.36 Å². The monoisotopic (exact) mass is 561 g/mol. The van der Waals surface area contributed by atoms with Gasteiger partial charge >= 0.3 is 6.18 Å². The maximum Gasteiger partial charge on any atom is 0.416 e. The molecule has 212 valence electrons. The molecule has 8 nitrogen and oxygen atoms in total. The van der Waals surface area contributed by atoms with Gasteiger partial charge in [0, 0.05) is 30.5 Å². The van der Waals surface area contributed by atoms with Gasteiger partial charge in [0.2, 0.25) is 5.95 Å². The van der Waals surface area contributed by atoms with Crippen LogP contribution in [0.3, 0.4) is 0 Å². The number of nitrogens with zero attached hydrogens (tertiary/aromatic N) is 5. The van der Waals surface area contributed by atoms with Crippen LogP contribution in [0.4, 0.5) is 19.1 Å². The second kappa shape index (κ2) is 11.0. The number of nitrogens with one attached hydrogen (secondary N) is 2. The summed E-state index contributed by atoms with van der Waals surface area (Å²) in [6.07, 6.45) is 0.632. The van der Waals surface area contributed by atoms with Crippen LogP contribution >= 0.6 is 0 Å². The van der Waals surface area contributed by atoms with E-state index in [4.69, 9.17) is 0 Å². The fourth-order valence-electron chi connectivity index (χ4n) is 5.65. The molecule has 0 spiro atoms. The number of carbonyl (C=O) groups excluding carboxylic acids is 1. The van der Waals surface area contributed by atoms with Gasteiger partial charge in [0.1, 0.15) is 17.3 Å². The summed E-state index contributed by atoms with van der Waals surface area (Å²) in [7, 11) is 0. The number of carbonyl (C=O) groups is 1. The Morgan fingerprint density at radius 1 is 1.02 bits per heavy atom. The summed E-state index contributed by atoms with van der Waals surface area (Å²) in [5.74, 6) is 0.929. The van der Waals surface area contributed by atoms with Crippen LogP contribution < -0.4 is 10.6 Å². The zero-order valence-corrected chi connectivity index (χ0v) is 22.5. The van der Waals surface area contributed by atoms with Crippen LogP contribution in [0.15, 0.2) is 73.1 Å². The molecule has 2 bridgehead atoms. The van der Waals surface area contributed by atoms with Gasteiger partial charge in [-0.15, -0.1) is 0 Å². The SMILES string of the molecule is CC(Nc1nccc(-n2cc(C(=O)NC3CN4CCC3CC4)nc2-c2cccc(C(F)(F)F)c2)n1)c1ccccc1. The first-order valence-electron chi connectivity index (χ1n) is 13.7. The molecule has 7 rings (SSSR count). The lowest BCUT2D eigenvalue weighted by Gasteiger charge is -2.44. The number of imidazole rings is 1. The van der Waals surface area contributed by atoms with Gasteiger partial charge in [0.05, 0.1) is 11.6 Å². The number of halogens is 3. The van der Waals surface area contributed by atoms with Crippen molar-refractivity contribution < 1.29 is 18.0 Å². The molecule has 2 N–H and O–H groups in total. The Balaban J connectivity index is 1.34. The van der Waals surface area contributed by atoms with Crippen LogP contribution in [0, 0.1) is 5.92 Å². The van der Waals surface area contributed by atoms with Crippen LogP contribution in [-0.2, 0) is 6.18 Å². The second-order valence-corrected chi connectivity index (χ2v) is 10.6. The normalized spacial score (nSPS) is 20.9. The minimum Gasteiger partial charge on any atom is -0.348 e. The zero-order chi connectivity index (χ0) is 28.6. The number of hydrogen-bond donors (Lipinski definition) is 2. The standard InChI is InChI=1S/C30H30F3N7O/c1-19(20-6-3-2-4-7-20)35-29-34-13-10-26(38-29)40-18-25(28(41)37-24-17-39-14-11-21(24)12-15-39)36-27(40)22-8-5-9-23(16-22)30(31,32)33/h2-10,13,16,18-19,21,24H,11-12,14-15,17H2,1H3,(H,37,41)(H,34,35,38). The first-order chi connectivity index (χ1) is 19.7. The number of benzene rings is 2. The van der Waals surface area contributed by atoms with Gasteiger partial charge < -0.3 is 15.5 Å². The highest BCUT2D eigenvalue weighted by Gasteiger charge is 2.36. The van der Waals surface area contributed by atoms with E-state index in [2.05, 4.69) is 30.5 Å². The molecular formula is C30H30F3N7O. The van der Waals surface area contributed by atoms with Gasteiger partial charge in [-0.05, 0) is 62.5 Å². The van der Waals surface area contributed by atoms with Crippen molar-refractivity contribution in [2.24, 2.45) is 5.92 Å². The van der Waals surface area contributed by atoms with Crippen molar-refractivity contribution >= 4 is 11.9 Å². The number of piperidine rings is 3. The van der Waals surface area contributed by atoms with Crippen molar-refractivity contribution in [3.8, 4) is 17.2 Å². The highest BCUT2D eigenvalue weighted by Crippen LogP contribution is 2.33. The first-order valence-corrected chi connectivity index (χ1v) is 13.7. The predicted molar refractivity (Wildman–Crippen MR) is 148 cm³/mol. The van der Waals surface area contributed by atoms with Gasteiger partial charge in [-0.1, -0.05) is 42.5 Å². The van der Waals surface area contributed by atoms with Crippen LogP contribution in [0.1, 0.15) is 47.4 Å². The lowest BCUT2D eigenvalue weighted by Crippen LogP contribution is -2.57. The molecule has 0 radical (unpaired) electrons. The predicted octanol–water partition coefficient (Wildman–Crippen LogP) is 5.35. The molecule has 3 saturated heterocycles. The Morgan fingerprint density at radius 3 is 2.51 bits per heavy atom. The maximum absolute atomic E-state index is 13.6. The van der Waals surface area contributed by atoms with Crippen LogP contribution in [0.25, 0.3) is 17.2 Å². The molecule has 3 aliphatic heterocycles. The third-order valence-electron chi connectivity index (χ3n) is 7.89. The summed E-state index contributed by atoms with van der Waals surface area (Å²) < 4.78 is 42.2. The lowest BCUT2D eigenvalue weighted by molar-refractivity contribution is -0.137. The van der Waals surface area contributed by atoms with E-state index in [-0.39, 0.29) is 35.1 Å². The summed E-state index contributed by atoms with van der Waals surface area (Å²) in [5, 5.41) is 6.39. The minimum atomic E-state index is -4.52.